The van der Waals surface area contributed by atoms with Gasteiger partial charge in [0.15, 0.2) is 5.01 Å². The maximum Gasteiger partial charge on any atom is 0.203 e. The number of nitrogens with zero attached hydrogens (tertiary/aromatic N) is 3. The molecule has 0 unspecified atom stereocenters. The second-order valence-electron chi connectivity index (χ2n) is 2.96. The van der Waals surface area contributed by atoms with Gasteiger partial charge in [-0.25, -0.2) is 0 Å². The van der Waals surface area contributed by atoms with Gasteiger partial charge in [0.2, 0.25) is 5.13 Å². The molecule has 0 fully saturated rings. The predicted molar refractivity (Wildman–Crippen MR) is 59.8 cm³/mol. The van der Waals surface area contributed by atoms with Crippen molar-refractivity contribution >= 4 is 16.5 Å². The molecule has 0 saturated carbocycles. The van der Waals surface area contributed by atoms with Gasteiger partial charge in [0, 0.05) is 0 Å². The molecule has 80 valence electrons. The van der Waals surface area contributed by atoms with Crippen LogP contribution in [0.5, 0.6) is 5.75 Å². The average Bonchev–Trinajstić information content (AvgIpc) is 2.73. The van der Waals surface area contributed by atoms with Crippen LogP contribution < -0.4 is 10.5 Å². The molecule has 0 aliphatic carbocycles. The lowest BCUT2D eigenvalue weighted by Crippen LogP contribution is -1.94. The molecule has 1 heterocycles. The van der Waals surface area contributed by atoms with Crippen LogP contribution in [0.2, 0.25) is 0 Å². The summed E-state index contributed by atoms with van der Waals surface area (Å²) in [7, 11) is 0. The van der Waals surface area contributed by atoms with E-state index in [0.717, 1.165) is 0 Å². The molecule has 1 aromatic heterocycles. The number of anilines is 1. The maximum absolute atomic E-state index is 8.71. The number of nitrogens with two attached hydrogens (primary N) is 1. The van der Waals surface area contributed by atoms with E-state index in [2.05, 4.69) is 10.2 Å². The van der Waals surface area contributed by atoms with Crippen LogP contribution in [0.4, 0.5) is 5.13 Å². The second kappa shape index (κ2) is 4.59. The van der Waals surface area contributed by atoms with Crippen molar-refractivity contribution in [2.24, 2.45) is 0 Å². The Morgan fingerprint density at radius 1 is 1.44 bits per heavy atom. The second-order valence-corrected chi connectivity index (χ2v) is 4.06. The van der Waals surface area contributed by atoms with Crippen molar-refractivity contribution in [2.45, 2.75) is 6.61 Å². The molecule has 2 aromatic rings. The quantitative estimate of drug-likeness (QED) is 0.868. The zero-order valence-corrected chi connectivity index (χ0v) is 9.07. The molecule has 0 atom stereocenters. The highest BCUT2D eigenvalue weighted by atomic mass is 32.1. The first-order chi connectivity index (χ1) is 7.78. The summed E-state index contributed by atoms with van der Waals surface area (Å²) in [5, 5.41) is 17.3. The third-order valence-corrected chi connectivity index (χ3v) is 2.53. The zero-order valence-electron chi connectivity index (χ0n) is 8.25. The molecule has 0 radical (unpaired) electrons. The third kappa shape index (κ3) is 2.46. The Hall–Kier alpha value is -2.13. The Labute approximate surface area is 96.1 Å². The summed E-state index contributed by atoms with van der Waals surface area (Å²) in [6.07, 6.45) is 0. The fraction of sp³-hybridized carbons (Fsp3) is 0.100. The molecule has 1 aromatic carbocycles. The zero-order chi connectivity index (χ0) is 11.4. The van der Waals surface area contributed by atoms with Crippen LogP contribution in [-0.4, -0.2) is 10.2 Å². The minimum atomic E-state index is 0.309. The number of hydrogen-bond acceptors (Lipinski definition) is 6. The molecule has 0 amide bonds. The van der Waals surface area contributed by atoms with E-state index in [1.54, 1.807) is 24.3 Å². The van der Waals surface area contributed by atoms with E-state index >= 15 is 0 Å². The van der Waals surface area contributed by atoms with Gasteiger partial charge in [0.25, 0.3) is 0 Å². The van der Waals surface area contributed by atoms with Crippen LogP contribution in [0.15, 0.2) is 24.3 Å². The summed E-state index contributed by atoms with van der Waals surface area (Å²) >= 11 is 1.28. The van der Waals surface area contributed by atoms with Crippen molar-refractivity contribution in [1.29, 1.82) is 5.26 Å². The highest BCUT2D eigenvalue weighted by Crippen LogP contribution is 2.16. The lowest BCUT2D eigenvalue weighted by Gasteiger charge is -2.02. The lowest BCUT2D eigenvalue weighted by atomic mass is 10.2. The minimum absolute atomic E-state index is 0.309. The third-order valence-electron chi connectivity index (χ3n) is 1.81. The van der Waals surface area contributed by atoms with Gasteiger partial charge in [-0.2, -0.15) is 5.26 Å². The van der Waals surface area contributed by atoms with E-state index in [1.807, 2.05) is 6.07 Å². The molecule has 0 saturated heterocycles. The number of hydrogen-bond donors (Lipinski definition) is 1. The van der Waals surface area contributed by atoms with Crippen LogP contribution in [0.25, 0.3) is 0 Å². The van der Waals surface area contributed by atoms with Gasteiger partial charge in [-0.15, -0.1) is 10.2 Å². The van der Waals surface area contributed by atoms with Crippen LogP contribution in [0.3, 0.4) is 0 Å². The van der Waals surface area contributed by atoms with Crippen LogP contribution in [0.1, 0.15) is 10.6 Å². The first kappa shape index (κ1) is 10.4. The Morgan fingerprint density at radius 3 is 3.00 bits per heavy atom. The molecule has 0 bridgehead atoms. The molecule has 2 rings (SSSR count). The highest BCUT2D eigenvalue weighted by Gasteiger charge is 2.02. The molecular weight excluding hydrogens is 224 g/mol. The summed E-state index contributed by atoms with van der Waals surface area (Å²) in [6.45, 7) is 0.309. The molecule has 2 N–H and O–H groups in total. The number of benzene rings is 1. The van der Waals surface area contributed by atoms with Crippen molar-refractivity contribution in [3.8, 4) is 11.8 Å². The number of ether oxygens (including phenoxy) is 1. The van der Waals surface area contributed by atoms with Gasteiger partial charge in [-0.05, 0) is 18.2 Å². The molecular formula is C10H8N4OS. The largest absolute Gasteiger partial charge is 0.486 e. The van der Waals surface area contributed by atoms with Crippen molar-refractivity contribution in [3.05, 3.63) is 34.8 Å². The first-order valence-corrected chi connectivity index (χ1v) is 5.30. The monoisotopic (exact) mass is 232 g/mol. The summed E-state index contributed by atoms with van der Waals surface area (Å²) in [5.74, 6) is 0.632. The van der Waals surface area contributed by atoms with Crippen LogP contribution in [-0.2, 0) is 6.61 Å². The van der Waals surface area contributed by atoms with Gasteiger partial charge < -0.3 is 10.5 Å². The smallest absolute Gasteiger partial charge is 0.203 e. The SMILES string of the molecule is N#Cc1cccc(OCc2nnc(N)s2)c1. The molecule has 6 heteroatoms. The fourth-order valence-corrected chi connectivity index (χ4v) is 1.65. The Balaban J connectivity index is 2.02. The maximum atomic E-state index is 8.71. The highest BCUT2D eigenvalue weighted by molar-refractivity contribution is 7.15. The number of rotatable bonds is 3. The predicted octanol–water partition coefficient (Wildman–Crippen LogP) is 1.57. The van der Waals surface area contributed by atoms with E-state index in [9.17, 15) is 0 Å². The van der Waals surface area contributed by atoms with Gasteiger partial charge >= 0.3 is 0 Å². The molecule has 0 spiro atoms. The Bertz CT molecular complexity index is 532. The Morgan fingerprint density at radius 2 is 2.31 bits per heavy atom. The molecule has 5 nitrogen and oxygen atoms in total. The van der Waals surface area contributed by atoms with E-state index in [0.29, 0.717) is 28.1 Å². The van der Waals surface area contributed by atoms with Gasteiger partial charge in [0.1, 0.15) is 12.4 Å². The summed E-state index contributed by atoms with van der Waals surface area (Å²) in [4.78, 5) is 0. The van der Waals surface area contributed by atoms with Crippen molar-refractivity contribution in [2.75, 3.05) is 5.73 Å². The first-order valence-electron chi connectivity index (χ1n) is 4.49. The summed E-state index contributed by atoms with van der Waals surface area (Å²) in [6, 6.07) is 8.98. The normalized spacial score (nSPS) is 9.69. The number of aromatic nitrogens is 2. The van der Waals surface area contributed by atoms with Crippen LogP contribution >= 0.6 is 11.3 Å². The number of nitriles is 1. The van der Waals surface area contributed by atoms with E-state index in [4.69, 9.17) is 15.7 Å². The van der Waals surface area contributed by atoms with Gasteiger partial charge in [-0.3, -0.25) is 0 Å². The van der Waals surface area contributed by atoms with Crippen molar-refractivity contribution in [1.82, 2.24) is 10.2 Å². The average molecular weight is 232 g/mol. The minimum Gasteiger partial charge on any atom is -0.486 e. The van der Waals surface area contributed by atoms with Crippen molar-refractivity contribution in [3.63, 3.8) is 0 Å². The molecule has 16 heavy (non-hydrogen) atoms. The standard InChI is InChI=1S/C10H8N4OS/c11-5-7-2-1-3-8(4-7)15-6-9-13-14-10(12)16-9/h1-4H,6H2,(H2,12,14). The van der Waals surface area contributed by atoms with E-state index in [1.165, 1.54) is 11.3 Å². The van der Waals surface area contributed by atoms with Gasteiger partial charge in [-0.1, -0.05) is 17.4 Å². The topological polar surface area (TPSA) is 84.8 Å². The Kier molecular flexibility index (Phi) is 2.98. The van der Waals surface area contributed by atoms with E-state index in [-0.39, 0.29) is 0 Å². The molecule has 0 aliphatic rings. The lowest BCUT2D eigenvalue weighted by molar-refractivity contribution is 0.304. The fourth-order valence-electron chi connectivity index (χ4n) is 1.13. The van der Waals surface area contributed by atoms with Crippen LogP contribution in [0, 0.1) is 11.3 Å². The number of nitrogen functional groups attached to an aromatic ring is 1. The van der Waals surface area contributed by atoms with E-state index < -0.39 is 0 Å². The summed E-state index contributed by atoms with van der Waals surface area (Å²) in [5.41, 5.74) is 6.00. The van der Waals surface area contributed by atoms with Gasteiger partial charge in [0.05, 0.1) is 11.6 Å². The summed E-state index contributed by atoms with van der Waals surface area (Å²) < 4.78 is 5.45. The van der Waals surface area contributed by atoms with Crippen molar-refractivity contribution < 1.29 is 4.74 Å². The molecule has 0 aliphatic heterocycles.